The minimum absolute atomic E-state index is 0.0375. The molecular weight excluding hydrogens is 270 g/mol. The molecule has 0 heterocycles. The number of carbonyl (C=O) groups is 1. The Morgan fingerprint density at radius 3 is 2.27 bits per heavy atom. The Bertz CT molecular complexity index is 614. The molecule has 0 bridgehead atoms. The largest absolute Gasteiger partial charge is 0.349 e. The summed E-state index contributed by atoms with van der Waals surface area (Å²) in [6, 6.07) is 14.3. The van der Waals surface area contributed by atoms with Gasteiger partial charge in [0.1, 0.15) is 0 Å². The first-order chi connectivity index (χ1) is 10.7. The highest BCUT2D eigenvalue weighted by Crippen LogP contribution is 2.19. The maximum Gasteiger partial charge on any atom is 0.251 e. The van der Waals surface area contributed by atoms with E-state index in [2.05, 4.69) is 32.2 Å². The van der Waals surface area contributed by atoms with Crippen molar-refractivity contribution in [2.24, 2.45) is 5.92 Å². The molecule has 0 aliphatic rings. The quantitative estimate of drug-likeness (QED) is 0.750. The Balaban J connectivity index is 2.09. The molecule has 0 aromatic heterocycles. The van der Waals surface area contributed by atoms with Crippen molar-refractivity contribution in [3.05, 3.63) is 48.0 Å². The Hall–Kier alpha value is -1.83. The van der Waals surface area contributed by atoms with Gasteiger partial charge in [-0.2, -0.15) is 0 Å². The van der Waals surface area contributed by atoms with Crippen molar-refractivity contribution in [1.82, 2.24) is 5.32 Å². The summed E-state index contributed by atoms with van der Waals surface area (Å²) in [6.07, 6.45) is 4.68. The lowest BCUT2D eigenvalue weighted by Gasteiger charge is -2.24. The summed E-state index contributed by atoms with van der Waals surface area (Å²) in [5, 5.41) is 5.47. The monoisotopic (exact) mass is 297 g/mol. The molecule has 2 rings (SSSR count). The van der Waals surface area contributed by atoms with Crippen LogP contribution < -0.4 is 5.32 Å². The van der Waals surface area contributed by atoms with Crippen molar-refractivity contribution in [3.63, 3.8) is 0 Å². The smallest absolute Gasteiger partial charge is 0.251 e. The van der Waals surface area contributed by atoms with Crippen molar-refractivity contribution < 1.29 is 4.79 Å². The first-order valence-electron chi connectivity index (χ1n) is 8.45. The molecule has 0 fully saturated rings. The Morgan fingerprint density at radius 2 is 1.64 bits per heavy atom. The van der Waals surface area contributed by atoms with Gasteiger partial charge >= 0.3 is 0 Å². The molecule has 0 spiro atoms. The number of hydrogen-bond acceptors (Lipinski definition) is 1. The van der Waals surface area contributed by atoms with Gasteiger partial charge in [-0.1, -0.05) is 57.0 Å². The van der Waals surface area contributed by atoms with E-state index in [9.17, 15) is 4.79 Å². The Labute approximate surface area is 133 Å². The Morgan fingerprint density at radius 1 is 1.00 bits per heavy atom. The maximum atomic E-state index is 12.5. The average molecular weight is 297 g/mol. The van der Waals surface area contributed by atoms with E-state index in [1.165, 1.54) is 31.1 Å². The van der Waals surface area contributed by atoms with E-state index in [0.717, 1.165) is 10.9 Å². The summed E-state index contributed by atoms with van der Waals surface area (Å²) in [6.45, 7) is 6.55. The summed E-state index contributed by atoms with van der Waals surface area (Å²) in [5.74, 6) is 0.606. The van der Waals surface area contributed by atoms with Crippen LogP contribution in [-0.2, 0) is 0 Å². The van der Waals surface area contributed by atoms with Crippen molar-refractivity contribution in [1.29, 1.82) is 0 Å². The highest BCUT2D eigenvalue weighted by Gasteiger charge is 2.18. The van der Waals surface area contributed by atoms with Crippen LogP contribution in [0.25, 0.3) is 10.8 Å². The van der Waals surface area contributed by atoms with Crippen molar-refractivity contribution in [2.75, 3.05) is 0 Å². The van der Waals surface area contributed by atoms with E-state index in [1.54, 1.807) is 0 Å². The second-order valence-corrected chi connectivity index (χ2v) is 6.16. The third-order valence-electron chi connectivity index (χ3n) is 4.40. The zero-order chi connectivity index (χ0) is 15.9. The number of benzene rings is 2. The van der Waals surface area contributed by atoms with Crippen LogP contribution >= 0.6 is 0 Å². The summed E-state index contributed by atoms with van der Waals surface area (Å²) in [7, 11) is 0. The molecule has 2 nitrogen and oxygen atoms in total. The molecule has 0 radical (unpaired) electrons. The molecule has 22 heavy (non-hydrogen) atoms. The third kappa shape index (κ3) is 4.09. The highest BCUT2D eigenvalue weighted by molar-refractivity contribution is 5.98. The van der Waals surface area contributed by atoms with E-state index in [1.807, 2.05) is 36.4 Å². The Kier molecular flexibility index (Phi) is 6.00. The summed E-state index contributed by atoms with van der Waals surface area (Å²) in [4.78, 5) is 12.5. The molecule has 2 aromatic carbocycles. The molecule has 0 aliphatic carbocycles. The third-order valence-corrected chi connectivity index (χ3v) is 4.40. The van der Waals surface area contributed by atoms with Crippen LogP contribution in [0.2, 0.25) is 0 Å². The molecule has 1 amide bonds. The number of carbonyl (C=O) groups excluding carboxylic acids is 1. The lowest BCUT2D eigenvalue weighted by atomic mass is 9.91. The van der Waals surface area contributed by atoms with E-state index >= 15 is 0 Å². The van der Waals surface area contributed by atoms with Crippen LogP contribution in [0.15, 0.2) is 42.5 Å². The minimum atomic E-state index is 0.0375. The first kappa shape index (κ1) is 16.5. The van der Waals surface area contributed by atoms with Gasteiger partial charge in [-0.3, -0.25) is 4.79 Å². The number of amides is 1. The molecule has 1 N–H and O–H groups in total. The molecule has 0 aliphatic heterocycles. The molecule has 2 aromatic rings. The fraction of sp³-hybridized carbons (Fsp3) is 0.450. The fourth-order valence-corrected chi connectivity index (χ4v) is 3.12. The van der Waals surface area contributed by atoms with Gasteiger partial charge in [0.25, 0.3) is 5.91 Å². The highest BCUT2D eigenvalue weighted by atomic mass is 16.1. The van der Waals surface area contributed by atoms with E-state index in [-0.39, 0.29) is 11.9 Å². The van der Waals surface area contributed by atoms with Gasteiger partial charge in [0.15, 0.2) is 0 Å². The standard InChI is InChI=1S/C20H27NO/c1-4-8-16(9-5-2)15(3)21-20(22)19-13-12-17-10-6-7-11-18(17)14-19/h6-7,10-16H,4-5,8-9H2,1-3H3,(H,21,22). The minimum Gasteiger partial charge on any atom is -0.349 e. The van der Waals surface area contributed by atoms with E-state index < -0.39 is 0 Å². The molecule has 0 saturated heterocycles. The lowest BCUT2D eigenvalue weighted by molar-refractivity contribution is 0.0923. The van der Waals surface area contributed by atoms with E-state index in [0.29, 0.717) is 5.92 Å². The van der Waals surface area contributed by atoms with Gasteiger partial charge in [-0.25, -0.2) is 0 Å². The fourth-order valence-electron chi connectivity index (χ4n) is 3.12. The predicted molar refractivity (Wildman–Crippen MR) is 94.2 cm³/mol. The van der Waals surface area contributed by atoms with Crippen LogP contribution in [0.4, 0.5) is 0 Å². The number of nitrogens with one attached hydrogen (secondary N) is 1. The second-order valence-electron chi connectivity index (χ2n) is 6.16. The topological polar surface area (TPSA) is 29.1 Å². The lowest BCUT2D eigenvalue weighted by Crippen LogP contribution is -2.38. The maximum absolute atomic E-state index is 12.5. The zero-order valence-corrected chi connectivity index (χ0v) is 13.9. The van der Waals surface area contributed by atoms with Gasteiger partial charge < -0.3 is 5.32 Å². The van der Waals surface area contributed by atoms with Gasteiger partial charge in [0, 0.05) is 11.6 Å². The molecule has 118 valence electrons. The predicted octanol–water partition coefficient (Wildman–Crippen LogP) is 5.17. The van der Waals surface area contributed by atoms with Crippen molar-refractivity contribution >= 4 is 16.7 Å². The van der Waals surface area contributed by atoms with Gasteiger partial charge in [-0.15, -0.1) is 0 Å². The van der Waals surface area contributed by atoms with E-state index in [4.69, 9.17) is 0 Å². The van der Waals surface area contributed by atoms with Crippen LogP contribution in [0.3, 0.4) is 0 Å². The number of rotatable bonds is 7. The summed E-state index contributed by atoms with van der Waals surface area (Å²) >= 11 is 0. The number of fused-ring (bicyclic) bond motifs is 1. The van der Waals surface area contributed by atoms with Crippen LogP contribution in [0.1, 0.15) is 56.8 Å². The van der Waals surface area contributed by atoms with Crippen molar-refractivity contribution in [3.8, 4) is 0 Å². The molecule has 2 heteroatoms. The zero-order valence-electron chi connectivity index (χ0n) is 13.9. The van der Waals surface area contributed by atoms with Gasteiger partial charge in [-0.05, 0) is 48.6 Å². The molecule has 1 atom stereocenters. The average Bonchev–Trinajstić information content (AvgIpc) is 2.54. The van der Waals surface area contributed by atoms with Crippen LogP contribution in [-0.4, -0.2) is 11.9 Å². The van der Waals surface area contributed by atoms with Crippen molar-refractivity contribution in [2.45, 2.75) is 52.5 Å². The molecular formula is C20H27NO. The molecule has 0 saturated carbocycles. The normalized spacial score (nSPS) is 12.5. The summed E-state index contributed by atoms with van der Waals surface area (Å²) in [5.41, 5.74) is 0.747. The van der Waals surface area contributed by atoms with Crippen LogP contribution in [0.5, 0.6) is 0 Å². The summed E-state index contributed by atoms with van der Waals surface area (Å²) < 4.78 is 0. The second kappa shape index (κ2) is 7.98. The number of hydrogen-bond donors (Lipinski definition) is 1. The van der Waals surface area contributed by atoms with Gasteiger partial charge in [0.05, 0.1) is 0 Å². The van der Waals surface area contributed by atoms with Crippen LogP contribution in [0, 0.1) is 5.92 Å². The SMILES string of the molecule is CCCC(CCC)C(C)NC(=O)c1ccc2ccccc2c1. The first-order valence-corrected chi connectivity index (χ1v) is 8.45. The molecule has 1 unspecified atom stereocenters. The van der Waals surface area contributed by atoms with Gasteiger partial charge in [0.2, 0.25) is 0 Å².